The van der Waals surface area contributed by atoms with Crippen molar-refractivity contribution < 1.29 is 18.0 Å². The highest BCUT2D eigenvalue weighted by Crippen LogP contribution is 2.39. The number of nitrogens with one attached hydrogen (secondary N) is 1. The number of amides is 2. The van der Waals surface area contributed by atoms with Gasteiger partial charge >= 0.3 is 0 Å². The lowest BCUT2D eigenvalue weighted by molar-refractivity contribution is -0.121. The molecule has 2 aliphatic heterocycles. The lowest BCUT2D eigenvalue weighted by Gasteiger charge is -2.32. The number of piperidine rings is 1. The molecule has 2 amide bonds. The molecular formula is C25H30BrN3O4S. The van der Waals surface area contributed by atoms with Gasteiger partial charge in [0.15, 0.2) is 0 Å². The summed E-state index contributed by atoms with van der Waals surface area (Å²) in [5.74, 6) is -0.711. The largest absolute Gasteiger partial charge is 0.326 e. The van der Waals surface area contributed by atoms with Gasteiger partial charge in [-0.1, -0.05) is 41.9 Å². The fraction of sp³-hybridized carbons (Fsp3) is 0.440. The number of carbonyl (C=O) groups excluding carboxylic acids is 2. The molecule has 2 aromatic carbocycles. The fourth-order valence-electron chi connectivity index (χ4n) is 4.69. The Hall–Kier alpha value is -2.23. The van der Waals surface area contributed by atoms with E-state index in [-0.39, 0.29) is 23.3 Å². The van der Waals surface area contributed by atoms with E-state index in [0.717, 1.165) is 12.0 Å². The predicted molar refractivity (Wildman–Crippen MR) is 136 cm³/mol. The first-order valence-electron chi connectivity index (χ1n) is 11.8. The summed E-state index contributed by atoms with van der Waals surface area (Å²) in [6.07, 6.45) is 3.07. The average molecular weight is 549 g/mol. The molecule has 1 N–H and O–H groups in total. The van der Waals surface area contributed by atoms with Crippen molar-refractivity contribution in [2.45, 2.75) is 50.8 Å². The monoisotopic (exact) mass is 547 g/mol. The molecular weight excluding hydrogens is 518 g/mol. The molecule has 0 aliphatic carbocycles. The minimum atomic E-state index is -3.90. The molecule has 2 heterocycles. The fourth-order valence-corrected chi connectivity index (χ4v) is 7.13. The standard InChI is InChI=1S/C25H30BrN3O4S/c1-3-17-7-9-21(10-8-17)27-25(31)19-6-5-12-28(16-19)34(32,33)22-15-20(26)14-18-11-13-29(24(18)22)23(30)4-2/h7-10,14-15,19H,3-6,11-13,16H2,1-2H3,(H,27,31)/t19-/m1/s1. The van der Waals surface area contributed by atoms with E-state index in [4.69, 9.17) is 0 Å². The first-order chi connectivity index (χ1) is 16.2. The topological polar surface area (TPSA) is 86.8 Å². The number of halogens is 1. The van der Waals surface area contributed by atoms with E-state index >= 15 is 0 Å². The molecule has 7 nitrogen and oxygen atoms in total. The average Bonchev–Trinajstić information content (AvgIpc) is 3.27. The van der Waals surface area contributed by atoms with Crippen molar-refractivity contribution >= 4 is 49.1 Å². The van der Waals surface area contributed by atoms with Gasteiger partial charge in [0, 0.05) is 36.2 Å². The van der Waals surface area contributed by atoms with Crippen LogP contribution in [0.5, 0.6) is 0 Å². The molecule has 2 aromatic rings. The number of carbonyl (C=O) groups is 2. The summed E-state index contributed by atoms with van der Waals surface area (Å²) in [6.45, 7) is 4.78. The summed E-state index contributed by atoms with van der Waals surface area (Å²) < 4.78 is 29.6. The van der Waals surface area contributed by atoms with E-state index in [9.17, 15) is 18.0 Å². The summed E-state index contributed by atoms with van der Waals surface area (Å²) in [5, 5.41) is 2.93. The van der Waals surface area contributed by atoms with Gasteiger partial charge in [-0.25, -0.2) is 8.42 Å². The van der Waals surface area contributed by atoms with Gasteiger partial charge in [0.2, 0.25) is 21.8 Å². The van der Waals surface area contributed by atoms with E-state index in [2.05, 4.69) is 28.2 Å². The Labute approximate surface area is 209 Å². The van der Waals surface area contributed by atoms with Crippen LogP contribution in [0.1, 0.15) is 44.2 Å². The predicted octanol–water partition coefficient (Wildman–Crippen LogP) is 4.35. The van der Waals surface area contributed by atoms with Gasteiger partial charge in [-0.15, -0.1) is 0 Å². The first-order valence-corrected chi connectivity index (χ1v) is 14.0. The minimum absolute atomic E-state index is 0.0949. The Balaban J connectivity index is 1.57. The second-order valence-corrected chi connectivity index (χ2v) is 11.6. The zero-order valence-electron chi connectivity index (χ0n) is 19.5. The number of aryl methyl sites for hydroxylation is 1. The highest BCUT2D eigenvalue weighted by Gasteiger charge is 2.38. The van der Waals surface area contributed by atoms with E-state index in [1.807, 2.05) is 30.3 Å². The summed E-state index contributed by atoms with van der Waals surface area (Å²) in [6, 6.07) is 11.2. The quantitative estimate of drug-likeness (QED) is 0.582. The zero-order chi connectivity index (χ0) is 24.5. The molecule has 0 spiro atoms. The highest BCUT2D eigenvalue weighted by atomic mass is 79.9. The van der Waals surface area contributed by atoms with Crippen LogP contribution in [0.4, 0.5) is 11.4 Å². The van der Waals surface area contributed by atoms with Crippen LogP contribution in [0.3, 0.4) is 0 Å². The van der Waals surface area contributed by atoms with Crippen LogP contribution in [-0.2, 0) is 32.5 Å². The van der Waals surface area contributed by atoms with E-state index in [1.165, 1.54) is 9.87 Å². The van der Waals surface area contributed by atoms with Crippen molar-refractivity contribution in [1.29, 1.82) is 0 Å². The van der Waals surface area contributed by atoms with Gasteiger partial charge in [0.1, 0.15) is 4.90 Å². The number of benzene rings is 2. The van der Waals surface area contributed by atoms with E-state index in [1.54, 1.807) is 17.9 Å². The van der Waals surface area contributed by atoms with Crippen LogP contribution >= 0.6 is 15.9 Å². The maximum Gasteiger partial charge on any atom is 0.245 e. The summed E-state index contributed by atoms with van der Waals surface area (Å²) in [5.41, 5.74) is 3.22. The molecule has 182 valence electrons. The maximum atomic E-state index is 13.8. The van der Waals surface area contributed by atoms with E-state index in [0.29, 0.717) is 54.6 Å². The van der Waals surface area contributed by atoms with Crippen molar-refractivity contribution in [3.8, 4) is 0 Å². The number of fused-ring (bicyclic) bond motifs is 1. The summed E-state index contributed by atoms with van der Waals surface area (Å²) in [7, 11) is -3.90. The molecule has 34 heavy (non-hydrogen) atoms. The molecule has 9 heteroatoms. The Morgan fingerprint density at radius 1 is 1.12 bits per heavy atom. The first kappa shape index (κ1) is 24.9. The number of nitrogens with zero attached hydrogens (tertiary/aromatic N) is 2. The molecule has 4 rings (SSSR count). The van der Waals surface area contributed by atoms with Crippen molar-refractivity contribution in [1.82, 2.24) is 4.31 Å². The second kappa shape index (κ2) is 10.2. The van der Waals surface area contributed by atoms with Crippen LogP contribution in [0.25, 0.3) is 0 Å². The minimum Gasteiger partial charge on any atom is -0.326 e. The van der Waals surface area contributed by atoms with E-state index < -0.39 is 15.9 Å². The molecule has 1 atom stereocenters. The third-order valence-electron chi connectivity index (χ3n) is 6.60. The van der Waals surface area contributed by atoms with Gasteiger partial charge in [0.25, 0.3) is 0 Å². The lowest BCUT2D eigenvalue weighted by Crippen LogP contribution is -2.44. The van der Waals surface area contributed by atoms with Crippen LogP contribution < -0.4 is 10.2 Å². The SMILES string of the molecule is CCC(=O)N1CCc2cc(Br)cc(S(=O)(=O)N3CCC[C@@H](C(=O)Nc4ccc(CC)cc4)C3)c21. The van der Waals surface area contributed by atoms with Gasteiger partial charge in [-0.3, -0.25) is 9.59 Å². The smallest absolute Gasteiger partial charge is 0.245 e. The Morgan fingerprint density at radius 2 is 1.85 bits per heavy atom. The second-order valence-electron chi connectivity index (χ2n) is 8.80. The van der Waals surface area contributed by atoms with Gasteiger partial charge in [-0.2, -0.15) is 4.31 Å². The molecule has 0 aromatic heterocycles. The third-order valence-corrected chi connectivity index (χ3v) is 8.94. The van der Waals surface area contributed by atoms with Crippen LogP contribution in [0.15, 0.2) is 45.8 Å². The molecule has 0 saturated carbocycles. The molecule has 0 bridgehead atoms. The van der Waals surface area contributed by atoms with Gasteiger partial charge < -0.3 is 10.2 Å². The van der Waals surface area contributed by atoms with Crippen LogP contribution in [0, 0.1) is 5.92 Å². The third kappa shape index (κ3) is 4.92. The Bertz CT molecular complexity index is 1200. The Morgan fingerprint density at radius 3 is 2.53 bits per heavy atom. The van der Waals surface area contributed by atoms with Crippen molar-refractivity contribution in [3.05, 3.63) is 52.0 Å². The lowest BCUT2D eigenvalue weighted by atomic mass is 9.98. The molecule has 1 saturated heterocycles. The molecule has 1 fully saturated rings. The highest BCUT2D eigenvalue weighted by molar-refractivity contribution is 9.10. The van der Waals surface area contributed by atoms with Crippen molar-refractivity contribution in [2.75, 3.05) is 29.9 Å². The molecule has 0 unspecified atom stereocenters. The van der Waals surface area contributed by atoms with Crippen LogP contribution in [-0.4, -0.2) is 44.2 Å². The van der Waals surface area contributed by atoms with Crippen molar-refractivity contribution in [2.24, 2.45) is 5.92 Å². The number of hydrogen-bond acceptors (Lipinski definition) is 4. The van der Waals surface area contributed by atoms with Gasteiger partial charge in [-0.05, 0) is 61.1 Å². The molecule has 2 aliphatic rings. The normalized spacial score (nSPS) is 18.6. The number of rotatable bonds is 6. The summed E-state index contributed by atoms with van der Waals surface area (Å²) >= 11 is 3.44. The maximum absolute atomic E-state index is 13.8. The molecule has 0 radical (unpaired) electrons. The summed E-state index contributed by atoms with van der Waals surface area (Å²) in [4.78, 5) is 27.2. The number of sulfonamides is 1. The number of hydrogen-bond donors (Lipinski definition) is 1. The zero-order valence-corrected chi connectivity index (χ0v) is 21.9. The van der Waals surface area contributed by atoms with Gasteiger partial charge in [0.05, 0.1) is 11.6 Å². The number of anilines is 2. The van der Waals surface area contributed by atoms with Crippen LogP contribution in [0.2, 0.25) is 0 Å². The van der Waals surface area contributed by atoms with Crippen molar-refractivity contribution in [3.63, 3.8) is 0 Å². The Kier molecular flexibility index (Phi) is 7.45.